The first-order valence-electron chi connectivity index (χ1n) is 7.29. The fourth-order valence-electron chi connectivity index (χ4n) is 2.50. The van der Waals surface area contributed by atoms with Crippen molar-refractivity contribution in [3.63, 3.8) is 0 Å². The van der Waals surface area contributed by atoms with Gasteiger partial charge < -0.3 is 15.0 Å². The topological polar surface area (TPSA) is 63.0 Å². The second-order valence-corrected chi connectivity index (χ2v) is 6.62. The molecule has 0 radical (unpaired) electrons. The van der Waals surface area contributed by atoms with E-state index in [2.05, 4.69) is 15.3 Å². The van der Waals surface area contributed by atoms with Crippen molar-refractivity contribution in [3.8, 4) is 5.69 Å². The molecule has 2 N–H and O–H groups in total. The molecule has 0 saturated heterocycles. The number of aromatic nitrogens is 3. The molecule has 1 fully saturated rings. The fraction of sp³-hybridized carbons (Fsp3) is 0.250. The maximum Gasteiger partial charge on any atom is 0.128 e. The van der Waals surface area contributed by atoms with Crippen molar-refractivity contribution in [2.45, 2.75) is 18.4 Å². The van der Waals surface area contributed by atoms with Crippen LogP contribution in [-0.2, 0) is 0 Å². The molecule has 0 bridgehead atoms. The molecule has 0 spiro atoms. The average Bonchev–Trinajstić information content (AvgIpc) is 3.06. The lowest BCUT2D eigenvalue weighted by Gasteiger charge is -2.14. The van der Waals surface area contributed by atoms with E-state index < -0.39 is 5.60 Å². The Morgan fingerprint density at radius 3 is 2.83 bits per heavy atom. The van der Waals surface area contributed by atoms with E-state index in [-0.39, 0.29) is 0 Å². The molecule has 1 aromatic carbocycles. The predicted molar refractivity (Wildman–Crippen MR) is 91.6 cm³/mol. The minimum Gasteiger partial charge on any atom is -0.388 e. The molecule has 0 atom stereocenters. The zero-order chi connectivity index (χ0) is 16.0. The van der Waals surface area contributed by atoms with E-state index in [0.717, 1.165) is 23.9 Å². The summed E-state index contributed by atoms with van der Waals surface area (Å²) in [6.45, 7) is 0.465. The highest BCUT2D eigenvalue weighted by molar-refractivity contribution is 6.45. The van der Waals surface area contributed by atoms with E-state index in [1.165, 1.54) is 0 Å². The number of aliphatic hydroxyl groups is 1. The largest absolute Gasteiger partial charge is 0.388 e. The molecule has 0 aliphatic heterocycles. The quantitative estimate of drug-likeness (QED) is 0.755. The molecule has 2 heterocycles. The Hall–Kier alpha value is -1.82. The Kier molecular flexibility index (Phi) is 3.44. The van der Waals surface area contributed by atoms with Gasteiger partial charge in [0.05, 0.1) is 33.2 Å². The molecular formula is C16H14Cl2N4O. The van der Waals surface area contributed by atoms with E-state index in [4.69, 9.17) is 23.2 Å². The molecule has 5 nitrogen and oxygen atoms in total. The van der Waals surface area contributed by atoms with Crippen LogP contribution in [-0.4, -0.2) is 31.8 Å². The normalized spacial score (nSPS) is 15.8. The number of hydrogen-bond donors (Lipinski definition) is 2. The predicted octanol–water partition coefficient (Wildman–Crippen LogP) is 3.66. The maximum absolute atomic E-state index is 10.0. The number of imidazole rings is 1. The van der Waals surface area contributed by atoms with Crippen LogP contribution >= 0.6 is 23.2 Å². The van der Waals surface area contributed by atoms with Gasteiger partial charge in [0.15, 0.2) is 0 Å². The summed E-state index contributed by atoms with van der Waals surface area (Å²) < 4.78 is 1.89. The van der Waals surface area contributed by atoms with Crippen LogP contribution in [0.1, 0.15) is 12.8 Å². The lowest BCUT2D eigenvalue weighted by molar-refractivity contribution is 0.164. The molecule has 1 aliphatic rings. The van der Waals surface area contributed by atoms with Gasteiger partial charge in [-0.3, -0.25) is 0 Å². The zero-order valence-corrected chi connectivity index (χ0v) is 13.6. The summed E-state index contributed by atoms with van der Waals surface area (Å²) >= 11 is 12.5. The number of pyridine rings is 1. The van der Waals surface area contributed by atoms with Crippen molar-refractivity contribution in [2.75, 3.05) is 11.9 Å². The molecule has 118 valence electrons. The molecule has 1 aliphatic carbocycles. The van der Waals surface area contributed by atoms with Crippen LogP contribution in [0.2, 0.25) is 10.0 Å². The fourth-order valence-corrected chi connectivity index (χ4v) is 2.86. The summed E-state index contributed by atoms with van der Waals surface area (Å²) in [4.78, 5) is 8.66. The first kappa shape index (κ1) is 14.8. The van der Waals surface area contributed by atoms with Crippen molar-refractivity contribution < 1.29 is 5.11 Å². The van der Waals surface area contributed by atoms with Crippen LogP contribution in [0.4, 0.5) is 5.82 Å². The van der Waals surface area contributed by atoms with E-state index in [1.54, 1.807) is 18.6 Å². The molecule has 0 amide bonds. The molecule has 7 heteroatoms. The van der Waals surface area contributed by atoms with Crippen molar-refractivity contribution in [2.24, 2.45) is 0 Å². The van der Waals surface area contributed by atoms with E-state index in [9.17, 15) is 5.11 Å². The third-order valence-electron chi connectivity index (χ3n) is 4.06. The minimum absolute atomic E-state index is 0.416. The second-order valence-electron chi connectivity index (χ2n) is 5.83. The number of nitrogens with one attached hydrogen (secondary N) is 1. The van der Waals surface area contributed by atoms with Crippen LogP contribution in [0.15, 0.2) is 36.9 Å². The lowest BCUT2D eigenvalue weighted by atomic mass is 10.1. The standard InChI is InChI=1S/C16H14Cl2N4O/c17-11-2-1-10-12(22-6-5-19-9-22)7-13(21-15(10)14(11)18)20-8-16(23)3-4-16/h1-2,5-7,9,23H,3-4,8H2,(H,20,21). The van der Waals surface area contributed by atoms with Crippen molar-refractivity contribution in [3.05, 3.63) is 47.0 Å². The number of fused-ring (bicyclic) bond motifs is 1. The highest BCUT2D eigenvalue weighted by atomic mass is 35.5. The Balaban J connectivity index is 1.85. The Morgan fingerprint density at radius 2 is 2.13 bits per heavy atom. The molecule has 23 heavy (non-hydrogen) atoms. The van der Waals surface area contributed by atoms with E-state index >= 15 is 0 Å². The first-order chi connectivity index (χ1) is 11.1. The van der Waals surface area contributed by atoms with Gasteiger partial charge in [0.2, 0.25) is 0 Å². The summed E-state index contributed by atoms with van der Waals surface area (Å²) in [6.07, 6.45) is 6.91. The van der Waals surface area contributed by atoms with Gasteiger partial charge in [0, 0.05) is 30.4 Å². The summed E-state index contributed by atoms with van der Waals surface area (Å²) in [5, 5.41) is 15.0. The highest BCUT2D eigenvalue weighted by Crippen LogP contribution is 2.36. The molecule has 1 saturated carbocycles. The third-order valence-corrected chi connectivity index (χ3v) is 4.85. The monoisotopic (exact) mass is 348 g/mol. The summed E-state index contributed by atoms with van der Waals surface area (Å²) in [7, 11) is 0. The SMILES string of the molecule is OC1(CNc2cc(-n3ccnc3)c3ccc(Cl)c(Cl)c3n2)CC1. The molecule has 4 rings (SSSR count). The van der Waals surface area contributed by atoms with Gasteiger partial charge in [-0.15, -0.1) is 0 Å². The van der Waals surface area contributed by atoms with Crippen LogP contribution < -0.4 is 5.32 Å². The molecule has 3 aromatic rings. The summed E-state index contributed by atoms with van der Waals surface area (Å²) in [6, 6.07) is 5.57. The third kappa shape index (κ3) is 2.76. The van der Waals surface area contributed by atoms with Gasteiger partial charge in [0.1, 0.15) is 5.82 Å². The number of anilines is 1. The maximum atomic E-state index is 10.0. The molecule has 0 unspecified atom stereocenters. The number of halogens is 2. The van der Waals surface area contributed by atoms with Gasteiger partial charge in [-0.2, -0.15) is 0 Å². The highest BCUT2D eigenvalue weighted by Gasteiger charge is 2.40. The van der Waals surface area contributed by atoms with Crippen molar-refractivity contribution >= 4 is 39.9 Å². The van der Waals surface area contributed by atoms with Gasteiger partial charge in [-0.05, 0) is 25.0 Å². The van der Waals surface area contributed by atoms with E-state index in [1.807, 2.05) is 22.9 Å². The van der Waals surface area contributed by atoms with E-state index in [0.29, 0.717) is 27.9 Å². The van der Waals surface area contributed by atoms with Gasteiger partial charge in [0.25, 0.3) is 0 Å². The van der Waals surface area contributed by atoms with Crippen molar-refractivity contribution in [1.82, 2.24) is 14.5 Å². The van der Waals surface area contributed by atoms with Crippen LogP contribution in [0.25, 0.3) is 16.6 Å². The number of hydrogen-bond acceptors (Lipinski definition) is 4. The van der Waals surface area contributed by atoms with Crippen LogP contribution in [0.3, 0.4) is 0 Å². The second kappa shape index (κ2) is 5.37. The van der Waals surface area contributed by atoms with Gasteiger partial charge >= 0.3 is 0 Å². The Labute approximate surface area is 142 Å². The molecule has 2 aromatic heterocycles. The Morgan fingerprint density at radius 1 is 1.30 bits per heavy atom. The Bertz CT molecular complexity index is 875. The minimum atomic E-state index is -0.607. The van der Waals surface area contributed by atoms with Gasteiger partial charge in [-0.1, -0.05) is 23.2 Å². The number of benzene rings is 1. The summed E-state index contributed by atoms with van der Waals surface area (Å²) in [5.74, 6) is 0.644. The van der Waals surface area contributed by atoms with Gasteiger partial charge in [-0.25, -0.2) is 9.97 Å². The summed E-state index contributed by atoms with van der Waals surface area (Å²) in [5.41, 5.74) is 0.913. The van der Waals surface area contributed by atoms with Crippen LogP contribution in [0, 0.1) is 0 Å². The number of rotatable bonds is 4. The van der Waals surface area contributed by atoms with Crippen LogP contribution in [0.5, 0.6) is 0 Å². The zero-order valence-electron chi connectivity index (χ0n) is 12.1. The molecular weight excluding hydrogens is 335 g/mol. The lowest BCUT2D eigenvalue weighted by Crippen LogP contribution is -2.21. The smallest absolute Gasteiger partial charge is 0.128 e. The van der Waals surface area contributed by atoms with Crippen molar-refractivity contribution in [1.29, 1.82) is 0 Å². The average molecular weight is 349 g/mol. The number of nitrogens with zero attached hydrogens (tertiary/aromatic N) is 3. The first-order valence-corrected chi connectivity index (χ1v) is 8.05.